The SMILES string of the molecule is COc1ccc(-c2ccc3cc(O)ccc3c2Cc2ccc(OCCCN3CCCCC3)cc2)cc1F. The van der Waals surface area contributed by atoms with Crippen LogP contribution in [0.4, 0.5) is 4.39 Å². The Morgan fingerprint density at radius 1 is 0.892 bits per heavy atom. The van der Waals surface area contributed by atoms with Crippen molar-refractivity contribution in [2.45, 2.75) is 32.1 Å². The van der Waals surface area contributed by atoms with Crippen molar-refractivity contribution in [3.05, 3.63) is 89.7 Å². The standard InChI is InChI=1S/C32H34FNO3/c1-36-32-15-9-25(22-31(32)33)28-13-8-24-21-26(35)10-14-29(24)30(28)20-23-6-11-27(12-7-23)37-19-5-18-34-16-3-2-4-17-34/h6-15,21-22,35H,2-5,16-20H2,1H3. The molecule has 0 unspecified atom stereocenters. The molecule has 1 saturated heterocycles. The number of rotatable bonds is 9. The molecule has 37 heavy (non-hydrogen) atoms. The van der Waals surface area contributed by atoms with E-state index in [0.29, 0.717) is 6.42 Å². The van der Waals surface area contributed by atoms with E-state index in [-0.39, 0.29) is 11.5 Å². The van der Waals surface area contributed by atoms with Crippen molar-refractivity contribution in [3.63, 3.8) is 0 Å². The Labute approximate surface area is 218 Å². The summed E-state index contributed by atoms with van der Waals surface area (Å²) >= 11 is 0. The molecule has 4 aromatic rings. The van der Waals surface area contributed by atoms with E-state index in [9.17, 15) is 9.50 Å². The highest BCUT2D eigenvalue weighted by atomic mass is 19.1. The Balaban J connectivity index is 1.34. The van der Waals surface area contributed by atoms with Crippen LogP contribution in [0.3, 0.4) is 0 Å². The summed E-state index contributed by atoms with van der Waals surface area (Å²) in [6.07, 6.45) is 5.69. The van der Waals surface area contributed by atoms with Crippen molar-refractivity contribution >= 4 is 10.8 Å². The zero-order chi connectivity index (χ0) is 25.6. The van der Waals surface area contributed by atoms with Gasteiger partial charge in [-0.25, -0.2) is 4.39 Å². The van der Waals surface area contributed by atoms with Crippen LogP contribution >= 0.6 is 0 Å². The van der Waals surface area contributed by atoms with Gasteiger partial charge in [-0.1, -0.05) is 42.8 Å². The second-order valence-electron chi connectivity index (χ2n) is 9.77. The molecule has 5 heteroatoms. The van der Waals surface area contributed by atoms with Gasteiger partial charge >= 0.3 is 0 Å². The second-order valence-corrected chi connectivity index (χ2v) is 9.77. The minimum Gasteiger partial charge on any atom is -0.508 e. The van der Waals surface area contributed by atoms with Crippen LogP contribution in [0.2, 0.25) is 0 Å². The van der Waals surface area contributed by atoms with Gasteiger partial charge in [-0.3, -0.25) is 0 Å². The fourth-order valence-electron chi connectivity index (χ4n) is 5.25. The van der Waals surface area contributed by atoms with Gasteiger partial charge < -0.3 is 19.5 Å². The van der Waals surface area contributed by atoms with Crippen molar-refractivity contribution in [1.82, 2.24) is 4.90 Å². The highest BCUT2D eigenvalue weighted by molar-refractivity contribution is 5.93. The molecule has 1 aliphatic rings. The molecular formula is C32H34FNO3. The number of methoxy groups -OCH3 is 1. The van der Waals surface area contributed by atoms with Crippen LogP contribution in [0.5, 0.6) is 17.2 Å². The zero-order valence-corrected chi connectivity index (χ0v) is 21.4. The van der Waals surface area contributed by atoms with E-state index in [4.69, 9.17) is 9.47 Å². The van der Waals surface area contributed by atoms with Crippen LogP contribution in [-0.2, 0) is 6.42 Å². The van der Waals surface area contributed by atoms with Gasteiger partial charge in [-0.2, -0.15) is 0 Å². The maximum atomic E-state index is 14.6. The lowest BCUT2D eigenvalue weighted by Crippen LogP contribution is -2.31. The lowest BCUT2D eigenvalue weighted by atomic mass is 9.90. The van der Waals surface area contributed by atoms with Gasteiger partial charge in [0.05, 0.1) is 13.7 Å². The van der Waals surface area contributed by atoms with E-state index in [2.05, 4.69) is 17.0 Å². The highest BCUT2D eigenvalue weighted by Gasteiger charge is 2.14. The third-order valence-corrected chi connectivity index (χ3v) is 7.22. The molecule has 5 rings (SSSR count). The molecule has 1 N–H and O–H groups in total. The van der Waals surface area contributed by atoms with E-state index >= 15 is 0 Å². The second kappa shape index (κ2) is 11.7. The summed E-state index contributed by atoms with van der Waals surface area (Å²) in [6, 6.07) is 22.7. The summed E-state index contributed by atoms with van der Waals surface area (Å²) in [7, 11) is 1.47. The fourth-order valence-corrected chi connectivity index (χ4v) is 5.25. The van der Waals surface area contributed by atoms with Gasteiger partial charge in [-0.05, 0) is 108 Å². The smallest absolute Gasteiger partial charge is 0.165 e. The number of phenolic OH excluding ortho intramolecular Hbond substituents is 1. The predicted molar refractivity (Wildman–Crippen MR) is 147 cm³/mol. The molecule has 4 aromatic carbocycles. The normalized spacial score (nSPS) is 14.1. The number of piperidine rings is 1. The summed E-state index contributed by atoms with van der Waals surface area (Å²) in [5.74, 6) is 0.937. The number of nitrogens with zero attached hydrogens (tertiary/aromatic N) is 1. The molecule has 4 nitrogen and oxygen atoms in total. The van der Waals surface area contributed by atoms with Crippen LogP contribution in [-0.4, -0.2) is 43.4 Å². The van der Waals surface area contributed by atoms with Crippen molar-refractivity contribution in [2.75, 3.05) is 33.4 Å². The Bertz CT molecular complexity index is 1350. The molecule has 1 heterocycles. The van der Waals surface area contributed by atoms with Crippen molar-refractivity contribution < 1.29 is 19.0 Å². The van der Waals surface area contributed by atoms with Gasteiger partial charge in [0.1, 0.15) is 11.5 Å². The van der Waals surface area contributed by atoms with Crippen molar-refractivity contribution in [3.8, 4) is 28.4 Å². The third-order valence-electron chi connectivity index (χ3n) is 7.22. The number of phenols is 1. The number of hydrogen-bond donors (Lipinski definition) is 1. The van der Waals surface area contributed by atoms with E-state index in [0.717, 1.165) is 58.3 Å². The Morgan fingerprint density at radius 3 is 2.46 bits per heavy atom. The first kappa shape index (κ1) is 25.1. The van der Waals surface area contributed by atoms with Gasteiger partial charge in [0.2, 0.25) is 0 Å². The molecule has 0 spiro atoms. The molecule has 0 radical (unpaired) electrons. The first-order valence-corrected chi connectivity index (χ1v) is 13.1. The predicted octanol–water partition coefficient (Wildman–Crippen LogP) is 7.21. The van der Waals surface area contributed by atoms with E-state index in [1.54, 1.807) is 18.2 Å². The lowest BCUT2D eigenvalue weighted by molar-refractivity contribution is 0.205. The number of ether oxygens (including phenoxy) is 2. The van der Waals surface area contributed by atoms with Crippen LogP contribution in [0.15, 0.2) is 72.8 Å². The summed E-state index contributed by atoms with van der Waals surface area (Å²) in [4.78, 5) is 2.53. The minimum atomic E-state index is -0.390. The van der Waals surface area contributed by atoms with E-state index in [1.165, 1.54) is 45.5 Å². The monoisotopic (exact) mass is 499 g/mol. The number of fused-ring (bicyclic) bond motifs is 1. The molecule has 0 aromatic heterocycles. The Kier molecular flexibility index (Phi) is 7.90. The van der Waals surface area contributed by atoms with Gasteiger partial charge in [0, 0.05) is 6.54 Å². The molecule has 0 saturated carbocycles. The average molecular weight is 500 g/mol. The molecule has 192 valence electrons. The molecule has 0 aliphatic carbocycles. The van der Waals surface area contributed by atoms with Gasteiger partial charge in [0.15, 0.2) is 11.6 Å². The molecule has 0 amide bonds. The summed E-state index contributed by atoms with van der Waals surface area (Å²) in [5, 5.41) is 12.0. The van der Waals surface area contributed by atoms with E-state index in [1.807, 2.05) is 36.4 Å². The van der Waals surface area contributed by atoms with Crippen LogP contribution in [0.1, 0.15) is 36.8 Å². The topological polar surface area (TPSA) is 41.9 Å². The third kappa shape index (κ3) is 6.05. The number of aromatic hydroxyl groups is 1. The quantitative estimate of drug-likeness (QED) is 0.247. The Morgan fingerprint density at radius 2 is 1.70 bits per heavy atom. The van der Waals surface area contributed by atoms with E-state index < -0.39 is 5.82 Å². The highest BCUT2D eigenvalue weighted by Crippen LogP contribution is 2.35. The first-order valence-electron chi connectivity index (χ1n) is 13.1. The number of benzene rings is 4. The molecular weight excluding hydrogens is 465 g/mol. The van der Waals surface area contributed by atoms with Crippen molar-refractivity contribution in [1.29, 1.82) is 0 Å². The summed E-state index contributed by atoms with van der Waals surface area (Å²) in [6.45, 7) is 4.25. The zero-order valence-electron chi connectivity index (χ0n) is 21.4. The average Bonchev–Trinajstić information content (AvgIpc) is 2.92. The first-order chi connectivity index (χ1) is 18.1. The molecule has 0 bridgehead atoms. The molecule has 1 aliphatic heterocycles. The molecule has 0 atom stereocenters. The maximum absolute atomic E-state index is 14.6. The number of likely N-dealkylation sites (tertiary alicyclic amines) is 1. The fraction of sp³-hybridized carbons (Fsp3) is 0.312. The maximum Gasteiger partial charge on any atom is 0.165 e. The van der Waals surface area contributed by atoms with Crippen LogP contribution < -0.4 is 9.47 Å². The van der Waals surface area contributed by atoms with Crippen LogP contribution in [0.25, 0.3) is 21.9 Å². The van der Waals surface area contributed by atoms with Gasteiger partial charge in [-0.15, -0.1) is 0 Å². The number of halogens is 1. The van der Waals surface area contributed by atoms with Gasteiger partial charge in [0.25, 0.3) is 0 Å². The summed E-state index contributed by atoms with van der Waals surface area (Å²) in [5.41, 5.74) is 3.96. The largest absolute Gasteiger partial charge is 0.508 e. The van der Waals surface area contributed by atoms with Crippen molar-refractivity contribution in [2.24, 2.45) is 0 Å². The van der Waals surface area contributed by atoms with Crippen LogP contribution in [0, 0.1) is 5.82 Å². The molecule has 1 fully saturated rings. The minimum absolute atomic E-state index is 0.225. The number of hydrogen-bond acceptors (Lipinski definition) is 4. The Hall–Kier alpha value is -3.57. The lowest BCUT2D eigenvalue weighted by Gasteiger charge is -2.26. The summed E-state index contributed by atoms with van der Waals surface area (Å²) < 4.78 is 25.7.